The van der Waals surface area contributed by atoms with Crippen LogP contribution in [0.15, 0.2) is 24.5 Å². The van der Waals surface area contributed by atoms with Crippen molar-refractivity contribution in [2.75, 3.05) is 0 Å². The second kappa shape index (κ2) is 5.83. The molecule has 3 rings (SSSR count). The summed E-state index contributed by atoms with van der Waals surface area (Å²) in [6.45, 7) is 13.6. The summed E-state index contributed by atoms with van der Waals surface area (Å²) in [4.78, 5) is 30.5. The summed E-state index contributed by atoms with van der Waals surface area (Å²) in [6, 6.07) is 3.63. The minimum atomic E-state index is -0.652. The molecule has 0 saturated carbocycles. The molecule has 26 heavy (non-hydrogen) atoms. The fourth-order valence-electron chi connectivity index (χ4n) is 3.13. The molecule has 6 nitrogen and oxygen atoms in total. The van der Waals surface area contributed by atoms with E-state index in [-0.39, 0.29) is 17.2 Å². The lowest BCUT2D eigenvalue weighted by Gasteiger charge is -2.43. The van der Waals surface area contributed by atoms with E-state index >= 15 is 0 Å². The summed E-state index contributed by atoms with van der Waals surface area (Å²) in [7, 11) is 0. The summed E-state index contributed by atoms with van der Waals surface area (Å²) >= 11 is 0. The molecule has 0 aliphatic carbocycles. The number of likely N-dealkylation sites (tertiary alicyclic amines) is 1. The van der Waals surface area contributed by atoms with Crippen molar-refractivity contribution >= 4 is 17.6 Å². The number of imidazole rings is 1. The van der Waals surface area contributed by atoms with Gasteiger partial charge in [0.1, 0.15) is 11.2 Å². The van der Waals surface area contributed by atoms with E-state index in [0.717, 1.165) is 5.65 Å². The number of carbonyl (C=O) groups is 2. The van der Waals surface area contributed by atoms with Crippen LogP contribution in [-0.4, -0.2) is 31.9 Å². The number of hydrogen-bond acceptors (Lipinski definition) is 4. The molecule has 3 heterocycles. The Morgan fingerprint density at radius 2 is 1.77 bits per heavy atom. The Labute approximate surface area is 154 Å². The van der Waals surface area contributed by atoms with Crippen molar-refractivity contribution < 1.29 is 14.3 Å². The fourth-order valence-corrected chi connectivity index (χ4v) is 3.13. The number of hydrogen-bond donors (Lipinski definition) is 0. The minimum Gasteiger partial charge on any atom is -0.443 e. The molecule has 0 spiro atoms. The first-order chi connectivity index (χ1) is 11.9. The average molecular weight is 357 g/mol. The maximum absolute atomic E-state index is 12.4. The van der Waals surface area contributed by atoms with E-state index in [1.54, 1.807) is 20.8 Å². The maximum atomic E-state index is 12.4. The number of aromatic nitrogens is 2. The largest absolute Gasteiger partial charge is 0.443 e. The summed E-state index contributed by atoms with van der Waals surface area (Å²) in [5.41, 5.74) is 2.07. The topological polar surface area (TPSA) is 63.9 Å². The van der Waals surface area contributed by atoms with Crippen LogP contribution in [0.1, 0.15) is 65.8 Å². The molecule has 1 aliphatic heterocycles. The van der Waals surface area contributed by atoms with Gasteiger partial charge in [-0.25, -0.2) is 14.7 Å². The Morgan fingerprint density at radius 1 is 1.12 bits per heavy atom. The predicted molar refractivity (Wildman–Crippen MR) is 98.9 cm³/mol. The Morgan fingerprint density at radius 3 is 2.35 bits per heavy atom. The number of fused-ring (bicyclic) bond motifs is 1. The number of amides is 2. The number of imide groups is 1. The summed E-state index contributed by atoms with van der Waals surface area (Å²) in [6.07, 6.45) is 3.34. The van der Waals surface area contributed by atoms with Gasteiger partial charge < -0.3 is 9.14 Å². The van der Waals surface area contributed by atoms with Gasteiger partial charge in [-0.05, 0) is 37.8 Å². The number of rotatable bonds is 1. The van der Waals surface area contributed by atoms with E-state index in [1.807, 2.05) is 23.6 Å². The van der Waals surface area contributed by atoms with Crippen molar-refractivity contribution in [1.29, 1.82) is 0 Å². The molecule has 1 fully saturated rings. The van der Waals surface area contributed by atoms with Crippen LogP contribution in [0.2, 0.25) is 0 Å². The van der Waals surface area contributed by atoms with Gasteiger partial charge in [0, 0.05) is 12.4 Å². The monoisotopic (exact) mass is 357 g/mol. The smallest absolute Gasteiger partial charge is 0.417 e. The average Bonchev–Trinajstić information content (AvgIpc) is 2.90. The zero-order valence-electron chi connectivity index (χ0n) is 16.5. The van der Waals surface area contributed by atoms with Crippen molar-refractivity contribution in [1.82, 2.24) is 14.3 Å². The van der Waals surface area contributed by atoms with E-state index < -0.39 is 17.7 Å². The first-order valence-corrected chi connectivity index (χ1v) is 8.94. The first-order valence-electron chi connectivity index (χ1n) is 8.94. The Bertz CT molecular complexity index is 871. The summed E-state index contributed by atoms with van der Waals surface area (Å²) in [5.74, 6) is -0.522. The number of β-lactam (4-membered cyclic amide) rings is 1. The zero-order chi connectivity index (χ0) is 19.4. The van der Waals surface area contributed by atoms with E-state index in [2.05, 4.69) is 38.0 Å². The number of nitrogens with zero attached hydrogens (tertiary/aromatic N) is 3. The SMILES string of the molecule is CC1C(=O)N(C(=O)OC(C)(C)C)C1c1cn2cc(C(C)(C)C)ccc2n1. The number of pyridine rings is 1. The molecule has 2 unspecified atom stereocenters. The van der Waals surface area contributed by atoms with Gasteiger partial charge in [0.05, 0.1) is 17.7 Å². The molecule has 140 valence electrons. The van der Waals surface area contributed by atoms with Gasteiger partial charge in [-0.1, -0.05) is 33.8 Å². The van der Waals surface area contributed by atoms with Gasteiger partial charge in [0.25, 0.3) is 0 Å². The van der Waals surface area contributed by atoms with E-state index in [9.17, 15) is 9.59 Å². The third kappa shape index (κ3) is 3.20. The predicted octanol–water partition coefficient (Wildman–Crippen LogP) is 4.09. The van der Waals surface area contributed by atoms with Crippen LogP contribution in [0, 0.1) is 5.92 Å². The maximum Gasteiger partial charge on any atom is 0.417 e. The highest BCUT2D eigenvalue weighted by Crippen LogP contribution is 2.40. The molecule has 0 aromatic carbocycles. The van der Waals surface area contributed by atoms with Crippen LogP contribution in [0.5, 0.6) is 0 Å². The normalized spacial score (nSPS) is 21.0. The number of carbonyl (C=O) groups excluding carboxylic acids is 2. The van der Waals surface area contributed by atoms with Gasteiger partial charge in [0.2, 0.25) is 5.91 Å². The molecule has 2 aromatic rings. The Hall–Kier alpha value is -2.37. The van der Waals surface area contributed by atoms with E-state index in [1.165, 1.54) is 10.5 Å². The highest BCUT2D eigenvalue weighted by molar-refractivity contribution is 5.99. The quantitative estimate of drug-likeness (QED) is 0.721. The highest BCUT2D eigenvalue weighted by atomic mass is 16.6. The third-order valence-electron chi connectivity index (χ3n) is 4.61. The lowest BCUT2D eigenvalue weighted by Crippen LogP contribution is -2.57. The Balaban J connectivity index is 1.94. The minimum absolute atomic E-state index is 0.0287. The molecule has 0 radical (unpaired) electrons. The second-order valence-electron chi connectivity index (χ2n) is 9.02. The summed E-state index contributed by atoms with van der Waals surface area (Å²) < 4.78 is 7.34. The van der Waals surface area contributed by atoms with Gasteiger partial charge in [-0.3, -0.25) is 4.79 Å². The van der Waals surface area contributed by atoms with E-state index in [4.69, 9.17) is 4.74 Å². The number of ether oxygens (including phenoxy) is 1. The molecule has 6 heteroatoms. The van der Waals surface area contributed by atoms with Crippen molar-refractivity contribution in [3.8, 4) is 0 Å². The van der Waals surface area contributed by atoms with Crippen LogP contribution < -0.4 is 0 Å². The van der Waals surface area contributed by atoms with Crippen molar-refractivity contribution in [3.63, 3.8) is 0 Å². The standard InChI is InChI=1S/C20H27N3O3/c1-12-16(23(17(12)24)18(25)26-20(5,6)7)14-11-22-10-13(19(2,3)4)8-9-15(22)21-14/h8-12,16H,1-7H3. The lowest BCUT2D eigenvalue weighted by atomic mass is 9.87. The fraction of sp³-hybridized carbons (Fsp3) is 0.550. The molecule has 1 aliphatic rings. The molecule has 1 saturated heterocycles. The van der Waals surface area contributed by atoms with Gasteiger partial charge in [0.15, 0.2) is 0 Å². The molecule has 2 amide bonds. The summed E-state index contributed by atoms with van der Waals surface area (Å²) in [5, 5.41) is 0. The van der Waals surface area contributed by atoms with Crippen LogP contribution >= 0.6 is 0 Å². The molecule has 0 N–H and O–H groups in total. The van der Waals surface area contributed by atoms with Crippen LogP contribution in [-0.2, 0) is 14.9 Å². The van der Waals surface area contributed by atoms with Crippen LogP contribution in [0.3, 0.4) is 0 Å². The van der Waals surface area contributed by atoms with Crippen molar-refractivity contribution in [2.45, 2.75) is 65.5 Å². The molecular formula is C20H27N3O3. The molecule has 2 atom stereocenters. The van der Waals surface area contributed by atoms with Crippen LogP contribution in [0.25, 0.3) is 5.65 Å². The van der Waals surface area contributed by atoms with Crippen LogP contribution in [0.4, 0.5) is 4.79 Å². The van der Waals surface area contributed by atoms with Gasteiger partial charge >= 0.3 is 6.09 Å². The van der Waals surface area contributed by atoms with Gasteiger partial charge in [-0.15, -0.1) is 0 Å². The molecular weight excluding hydrogens is 330 g/mol. The van der Waals surface area contributed by atoms with Gasteiger partial charge in [-0.2, -0.15) is 0 Å². The highest BCUT2D eigenvalue weighted by Gasteiger charge is 2.51. The second-order valence-corrected chi connectivity index (χ2v) is 9.02. The third-order valence-corrected chi connectivity index (χ3v) is 4.61. The Kier molecular flexibility index (Phi) is 4.13. The lowest BCUT2D eigenvalue weighted by molar-refractivity contribution is -0.153. The van der Waals surface area contributed by atoms with E-state index in [0.29, 0.717) is 5.69 Å². The zero-order valence-corrected chi connectivity index (χ0v) is 16.5. The molecule has 2 aromatic heterocycles. The first kappa shape index (κ1) is 18.4. The molecule has 0 bridgehead atoms. The van der Waals surface area contributed by atoms with Crippen molar-refractivity contribution in [2.24, 2.45) is 5.92 Å². The van der Waals surface area contributed by atoms with Crippen molar-refractivity contribution in [3.05, 3.63) is 35.8 Å².